The van der Waals surface area contributed by atoms with Gasteiger partial charge in [0.15, 0.2) is 23.0 Å². The van der Waals surface area contributed by atoms with E-state index in [0.29, 0.717) is 105 Å². The second-order valence-electron chi connectivity index (χ2n) is 17.8. The van der Waals surface area contributed by atoms with Gasteiger partial charge in [0.05, 0.1) is 75.8 Å². The molecule has 0 unspecified atom stereocenters. The lowest BCUT2D eigenvalue weighted by molar-refractivity contribution is 0.0264. The highest BCUT2D eigenvalue weighted by atomic mass is 32.1. The molecule has 0 radical (unpaired) electrons. The van der Waals surface area contributed by atoms with Crippen molar-refractivity contribution in [2.45, 2.75) is 56.9 Å². The summed E-state index contributed by atoms with van der Waals surface area (Å²) in [5.41, 5.74) is 9.30. The molecule has 0 spiro atoms. The van der Waals surface area contributed by atoms with Crippen LogP contribution in [0, 0.1) is 0 Å². The van der Waals surface area contributed by atoms with Crippen molar-refractivity contribution in [3.63, 3.8) is 0 Å². The van der Waals surface area contributed by atoms with Gasteiger partial charge in [0.1, 0.15) is 19.4 Å². The van der Waals surface area contributed by atoms with Crippen LogP contribution in [0.5, 0.6) is 23.0 Å². The monoisotopic (exact) mass is 929 g/mol. The SMILES string of the molecule is COCCOCCOCCN(CC(C)(C)S)c1cc(COc2cc3c(cc2OC)C(=O)N2c4ccccc4C[C@H]2CN3)cc(COc2cc3c(cc2OC)C(=O)N2c4ccccc4C[C@H]2N3)c1. The van der Waals surface area contributed by atoms with E-state index in [1.807, 2.05) is 58.3 Å². The number of hydrogen-bond acceptors (Lipinski definition) is 13. The maximum Gasteiger partial charge on any atom is 0.262 e. The number of thiol groups is 1. The molecule has 4 heterocycles. The Kier molecular flexibility index (Phi) is 13.7. The number of benzene rings is 5. The van der Waals surface area contributed by atoms with Gasteiger partial charge in [0.25, 0.3) is 11.8 Å². The lowest BCUT2D eigenvalue weighted by Crippen LogP contribution is -2.46. The molecular weight excluding hydrogens is 871 g/mol. The predicted molar refractivity (Wildman–Crippen MR) is 263 cm³/mol. The van der Waals surface area contributed by atoms with Gasteiger partial charge in [-0.15, -0.1) is 0 Å². The number of nitrogens with zero attached hydrogens (tertiary/aromatic N) is 3. The van der Waals surface area contributed by atoms with Crippen LogP contribution >= 0.6 is 12.6 Å². The molecule has 2 amide bonds. The van der Waals surface area contributed by atoms with E-state index in [4.69, 9.17) is 45.8 Å². The molecule has 0 aromatic heterocycles. The number of carbonyl (C=O) groups is 2. The first kappa shape index (κ1) is 46.0. The zero-order valence-corrected chi connectivity index (χ0v) is 39.7. The van der Waals surface area contributed by atoms with Crippen molar-refractivity contribution in [2.75, 3.05) is 99.3 Å². The molecular formula is C52H59N5O9S. The molecule has 0 aliphatic carbocycles. The van der Waals surface area contributed by atoms with Crippen LogP contribution in [-0.2, 0) is 40.3 Å². The highest BCUT2D eigenvalue weighted by Gasteiger charge is 2.40. The Hall–Kier alpha value is -6.13. The molecule has 0 fully saturated rings. The first-order valence-electron chi connectivity index (χ1n) is 22.8. The van der Waals surface area contributed by atoms with E-state index in [1.165, 1.54) is 5.56 Å². The predicted octanol–water partition coefficient (Wildman–Crippen LogP) is 8.01. The van der Waals surface area contributed by atoms with E-state index in [2.05, 4.69) is 59.7 Å². The number of nitrogens with one attached hydrogen (secondary N) is 2. The molecule has 9 rings (SSSR count). The van der Waals surface area contributed by atoms with Crippen LogP contribution in [0.1, 0.15) is 56.8 Å². The summed E-state index contributed by atoms with van der Waals surface area (Å²) >= 11 is 4.94. The first-order chi connectivity index (χ1) is 32.5. The standard InChI is InChI=1S/C52H59N5O9S/c1-52(2,67)32-55(14-15-63-18-19-64-17-16-60-3)37-21-33(30-65-47-27-41-39(25-45(47)61-4)50(58)56-38(29-53-41)23-35-10-6-8-12-43(35)56)20-34(22-37)31-66-48-28-42-40(26-46(48)62-5)51(59)57-44-13-9-7-11-36(44)24-49(57)54-42/h6-13,20-22,25-28,38,49,53-54,67H,14-19,23-24,29-32H2,1-5H3/t38-,49-/m0/s1. The fourth-order valence-corrected chi connectivity index (χ4v) is 9.59. The molecule has 352 valence electrons. The number of ether oxygens (including phenoxy) is 7. The Morgan fingerprint density at radius 3 is 1.88 bits per heavy atom. The minimum Gasteiger partial charge on any atom is -0.493 e. The summed E-state index contributed by atoms with van der Waals surface area (Å²) in [6, 6.07) is 29.6. The molecule has 2 atom stereocenters. The van der Waals surface area contributed by atoms with Gasteiger partial charge in [0.2, 0.25) is 0 Å². The van der Waals surface area contributed by atoms with Gasteiger partial charge in [0, 0.05) is 67.1 Å². The van der Waals surface area contributed by atoms with Gasteiger partial charge in [-0.2, -0.15) is 12.6 Å². The highest BCUT2D eigenvalue weighted by Crippen LogP contribution is 2.44. The molecule has 67 heavy (non-hydrogen) atoms. The third-order valence-corrected chi connectivity index (χ3v) is 12.6. The molecule has 2 N–H and O–H groups in total. The summed E-state index contributed by atoms with van der Waals surface area (Å²) in [5.74, 6) is 1.76. The van der Waals surface area contributed by atoms with Gasteiger partial charge in [-0.05, 0) is 85.0 Å². The lowest BCUT2D eigenvalue weighted by Gasteiger charge is -2.33. The highest BCUT2D eigenvalue weighted by molar-refractivity contribution is 7.81. The number of anilines is 5. The van der Waals surface area contributed by atoms with Crippen LogP contribution in [0.25, 0.3) is 0 Å². The van der Waals surface area contributed by atoms with Crippen LogP contribution < -0.4 is 44.3 Å². The molecule has 5 aromatic rings. The third-order valence-electron chi connectivity index (χ3n) is 12.5. The fraction of sp³-hybridized carbons (Fsp3) is 0.385. The largest absolute Gasteiger partial charge is 0.493 e. The second-order valence-corrected chi connectivity index (χ2v) is 19.1. The van der Waals surface area contributed by atoms with E-state index >= 15 is 0 Å². The Labute approximate surface area is 397 Å². The minimum absolute atomic E-state index is 0.00333. The molecule has 4 aliphatic heterocycles. The van der Waals surface area contributed by atoms with Crippen molar-refractivity contribution in [3.05, 3.63) is 124 Å². The second kappa shape index (κ2) is 20.0. The lowest BCUT2D eigenvalue weighted by atomic mass is 10.1. The van der Waals surface area contributed by atoms with Gasteiger partial charge in [-0.3, -0.25) is 14.5 Å². The number of amides is 2. The number of para-hydroxylation sites is 2. The van der Waals surface area contributed by atoms with Gasteiger partial charge in [-0.1, -0.05) is 36.4 Å². The Bertz CT molecular complexity index is 2620. The molecule has 0 saturated carbocycles. The van der Waals surface area contributed by atoms with Crippen molar-refractivity contribution in [3.8, 4) is 23.0 Å². The first-order valence-corrected chi connectivity index (χ1v) is 23.2. The van der Waals surface area contributed by atoms with E-state index in [-0.39, 0.29) is 42.0 Å². The van der Waals surface area contributed by atoms with Crippen molar-refractivity contribution >= 4 is 52.9 Å². The molecule has 5 aromatic carbocycles. The van der Waals surface area contributed by atoms with Gasteiger partial charge in [-0.25, -0.2) is 0 Å². The number of carbonyl (C=O) groups excluding carboxylic acids is 2. The average Bonchev–Trinajstić information content (AvgIpc) is 3.86. The van der Waals surface area contributed by atoms with Crippen LogP contribution in [0.4, 0.5) is 28.4 Å². The van der Waals surface area contributed by atoms with Gasteiger partial charge < -0.3 is 53.6 Å². The van der Waals surface area contributed by atoms with E-state index in [1.54, 1.807) is 33.5 Å². The Balaban J connectivity index is 0.980. The van der Waals surface area contributed by atoms with Crippen molar-refractivity contribution in [1.82, 2.24) is 0 Å². The number of hydrogen-bond donors (Lipinski definition) is 3. The van der Waals surface area contributed by atoms with Gasteiger partial charge >= 0.3 is 0 Å². The quantitative estimate of drug-likeness (QED) is 0.0516. The number of rotatable bonds is 20. The summed E-state index contributed by atoms with van der Waals surface area (Å²) in [4.78, 5) is 34.1. The molecule has 14 nitrogen and oxygen atoms in total. The minimum atomic E-state index is -0.347. The van der Waals surface area contributed by atoms with E-state index in [9.17, 15) is 9.59 Å². The van der Waals surface area contributed by atoms with Crippen molar-refractivity contribution in [2.24, 2.45) is 0 Å². The maximum atomic E-state index is 14.1. The summed E-state index contributed by atoms with van der Waals surface area (Å²) in [5, 5.41) is 7.12. The van der Waals surface area contributed by atoms with E-state index in [0.717, 1.165) is 40.2 Å². The summed E-state index contributed by atoms with van der Waals surface area (Å²) < 4.78 is 41.3. The topological polar surface area (TPSA) is 133 Å². The van der Waals surface area contributed by atoms with Crippen LogP contribution in [-0.4, -0.2) is 103 Å². The Morgan fingerprint density at radius 1 is 0.672 bits per heavy atom. The van der Waals surface area contributed by atoms with Crippen LogP contribution in [0.3, 0.4) is 0 Å². The summed E-state index contributed by atoms with van der Waals surface area (Å²) in [6.45, 7) is 8.80. The average molecular weight is 930 g/mol. The fourth-order valence-electron chi connectivity index (χ4n) is 9.42. The van der Waals surface area contributed by atoms with Crippen molar-refractivity contribution in [1.29, 1.82) is 0 Å². The molecule has 15 heteroatoms. The van der Waals surface area contributed by atoms with Crippen molar-refractivity contribution < 1.29 is 42.7 Å². The Morgan fingerprint density at radius 2 is 1.24 bits per heavy atom. The zero-order chi connectivity index (χ0) is 46.7. The van der Waals surface area contributed by atoms with Crippen LogP contribution in [0.15, 0.2) is 91.0 Å². The van der Waals surface area contributed by atoms with E-state index < -0.39 is 0 Å². The molecule has 4 aliphatic rings. The molecule has 0 bridgehead atoms. The summed E-state index contributed by atoms with van der Waals surface area (Å²) in [7, 11) is 4.81. The smallest absolute Gasteiger partial charge is 0.262 e. The molecule has 0 saturated heterocycles. The zero-order valence-electron chi connectivity index (χ0n) is 38.8. The number of methoxy groups -OCH3 is 3. The summed E-state index contributed by atoms with van der Waals surface area (Å²) in [6.07, 6.45) is 1.29. The number of fused-ring (bicyclic) bond motifs is 8. The maximum absolute atomic E-state index is 14.1. The normalized spacial score (nSPS) is 16.7. The van der Waals surface area contributed by atoms with Crippen LogP contribution in [0.2, 0.25) is 0 Å². The third kappa shape index (κ3) is 9.96.